The van der Waals surface area contributed by atoms with Crippen molar-refractivity contribution in [3.05, 3.63) is 59.9 Å². The fourth-order valence-corrected chi connectivity index (χ4v) is 3.46. The molecule has 126 valence electrons. The Labute approximate surface area is 141 Å². The predicted octanol–water partition coefficient (Wildman–Crippen LogP) is 1.27. The third kappa shape index (κ3) is 3.47. The molecule has 0 spiro atoms. The number of aromatic nitrogens is 1. The largest absolute Gasteiger partial charge is 0.329 e. The highest BCUT2D eigenvalue weighted by atomic mass is 32.2. The van der Waals surface area contributed by atoms with E-state index in [1.165, 1.54) is 12.1 Å². The third-order valence-corrected chi connectivity index (χ3v) is 5.23. The second-order valence-electron chi connectivity index (χ2n) is 5.80. The van der Waals surface area contributed by atoms with Crippen LogP contribution in [-0.2, 0) is 9.84 Å². The molecule has 0 bridgehead atoms. The summed E-state index contributed by atoms with van der Waals surface area (Å²) in [6, 6.07) is 9.82. The second kappa shape index (κ2) is 6.70. The van der Waals surface area contributed by atoms with Crippen LogP contribution in [0.2, 0.25) is 0 Å². The minimum atomic E-state index is -3.27. The highest BCUT2D eigenvalue weighted by Crippen LogP contribution is 2.24. The first kappa shape index (κ1) is 16.6. The van der Waals surface area contributed by atoms with Gasteiger partial charge in [-0.25, -0.2) is 8.42 Å². The Morgan fingerprint density at radius 2 is 2.00 bits per heavy atom. The molecular weight excluding hydrogens is 326 g/mol. The zero-order valence-electron chi connectivity index (χ0n) is 13.3. The first-order valence-corrected chi connectivity index (χ1v) is 9.58. The smallest absolute Gasteiger partial charge is 0.254 e. The lowest BCUT2D eigenvalue weighted by molar-refractivity contribution is 0.0634. The summed E-state index contributed by atoms with van der Waals surface area (Å²) in [7, 11) is -3.27. The Bertz CT molecular complexity index is 820. The Kier molecular flexibility index (Phi) is 4.64. The predicted molar refractivity (Wildman–Crippen MR) is 90.4 cm³/mol. The molecular formula is C17H19N3O3S. The molecule has 2 heterocycles. The standard InChI is InChI=1S/C17H19N3O3S/c1-24(22,23)15-6-4-13(5-7-15)17(21)20-10-9-19-12-16(20)14-3-2-8-18-11-14/h2-8,11,16,19H,9-10,12H2,1H3. The number of hydrogen-bond acceptors (Lipinski definition) is 5. The van der Waals surface area contributed by atoms with Gasteiger partial charge in [-0.05, 0) is 35.9 Å². The minimum absolute atomic E-state index is 0.0884. The summed E-state index contributed by atoms with van der Waals surface area (Å²) in [6.45, 7) is 1.98. The van der Waals surface area contributed by atoms with Gasteiger partial charge in [0.1, 0.15) is 0 Å². The topological polar surface area (TPSA) is 79.4 Å². The number of nitrogens with one attached hydrogen (secondary N) is 1. The number of nitrogens with zero attached hydrogens (tertiary/aromatic N) is 2. The van der Waals surface area contributed by atoms with Gasteiger partial charge in [-0.15, -0.1) is 0 Å². The summed E-state index contributed by atoms with van der Waals surface area (Å²) >= 11 is 0. The maximum absolute atomic E-state index is 12.9. The maximum atomic E-state index is 12.9. The summed E-state index contributed by atoms with van der Waals surface area (Å²) in [4.78, 5) is 19.0. The summed E-state index contributed by atoms with van der Waals surface area (Å²) in [5.41, 5.74) is 1.46. The Morgan fingerprint density at radius 3 is 2.62 bits per heavy atom. The van der Waals surface area contributed by atoms with E-state index >= 15 is 0 Å². The van der Waals surface area contributed by atoms with Gasteiger partial charge in [0.2, 0.25) is 0 Å². The number of sulfone groups is 1. The molecule has 0 saturated carbocycles. The van der Waals surface area contributed by atoms with E-state index in [1.807, 2.05) is 17.0 Å². The van der Waals surface area contributed by atoms with Gasteiger partial charge in [0.05, 0.1) is 10.9 Å². The Hall–Kier alpha value is -2.25. The van der Waals surface area contributed by atoms with Gasteiger partial charge in [-0.3, -0.25) is 9.78 Å². The number of carbonyl (C=O) groups excluding carboxylic acids is 1. The van der Waals surface area contributed by atoms with Crippen LogP contribution in [0.4, 0.5) is 0 Å². The molecule has 1 aromatic carbocycles. The Balaban J connectivity index is 1.87. The lowest BCUT2D eigenvalue weighted by Crippen LogP contribution is -2.48. The zero-order valence-corrected chi connectivity index (χ0v) is 14.2. The molecule has 1 atom stereocenters. The van der Waals surface area contributed by atoms with Crippen molar-refractivity contribution < 1.29 is 13.2 Å². The van der Waals surface area contributed by atoms with E-state index in [9.17, 15) is 13.2 Å². The van der Waals surface area contributed by atoms with Crippen LogP contribution in [0.3, 0.4) is 0 Å². The average Bonchev–Trinajstić information content (AvgIpc) is 2.61. The summed E-state index contributed by atoms with van der Waals surface area (Å²) in [6.07, 6.45) is 4.62. The Morgan fingerprint density at radius 1 is 1.25 bits per heavy atom. The van der Waals surface area contributed by atoms with E-state index in [0.717, 1.165) is 18.4 Å². The van der Waals surface area contributed by atoms with Gasteiger partial charge in [0, 0.05) is 43.8 Å². The van der Waals surface area contributed by atoms with Crippen LogP contribution in [0.25, 0.3) is 0 Å². The van der Waals surface area contributed by atoms with Crippen molar-refractivity contribution in [2.45, 2.75) is 10.9 Å². The number of hydrogen-bond donors (Lipinski definition) is 1. The van der Waals surface area contributed by atoms with E-state index in [4.69, 9.17) is 0 Å². The van der Waals surface area contributed by atoms with Crippen molar-refractivity contribution in [3.63, 3.8) is 0 Å². The monoisotopic (exact) mass is 345 g/mol. The molecule has 1 aliphatic heterocycles. The van der Waals surface area contributed by atoms with Crippen LogP contribution < -0.4 is 5.32 Å². The van der Waals surface area contributed by atoms with Crippen molar-refractivity contribution >= 4 is 15.7 Å². The number of benzene rings is 1. The number of rotatable bonds is 3. The van der Waals surface area contributed by atoms with Crippen molar-refractivity contribution in [1.82, 2.24) is 15.2 Å². The van der Waals surface area contributed by atoms with Crippen LogP contribution >= 0.6 is 0 Å². The highest BCUT2D eigenvalue weighted by Gasteiger charge is 2.28. The first-order valence-electron chi connectivity index (χ1n) is 7.68. The molecule has 1 aromatic heterocycles. The van der Waals surface area contributed by atoms with Crippen molar-refractivity contribution in [1.29, 1.82) is 0 Å². The number of amides is 1. The fraction of sp³-hybridized carbons (Fsp3) is 0.294. The van der Waals surface area contributed by atoms with E-state index in [-0.39, 0.29) is 16.8 Å². The van der Waals surface area contributed by atoms with Crippen LogP contribution in [0.5, 0.6) is 0 Å². The minimum Gasteiger partial charge on any atom is -0.329 e. The van der Waals surface area contributed by atoms with Gasteiger partial charge >= 0.3 is 0 Å². The van der Waals surface area contributed by atoms with E-state index in [0.29, 0.717) is 18.7 Å². The van der Waals surface area contributed by atoms with Gasteiger partial charge in [-0.1, -0.05) is 6.07 Å². The van der Waals surface area contributed by atoms with E-state index in [2.05, 4.69) is 10.3 Å². The van der Waals surface area contributed by atoms with Crippen LogP contribution in [-0.4, -0.2) is 50.1 Å². The molecule has 1 unspecified atom stereocenters. The molecule has 1 aliphatic rings. The lowest BCUT2D eigenvalue weighted by Gasteiger charge is -2.36. The number of piperazine rings is 1. The SMILES string of the molecule is CS(=O)(=O)c1ccc(C(=O)N2CCNCC2c2cccnc2)cc1. The van der Waals surface area contributed by atoms with Crippen molar-refractivity contribution in [3.8, 4) is 0 Å². The summed E-state index contributed by atoms with van der Waals surface area (Å²) < 4.78 is 23.1. The van der Waals surface area contributed by atoms with Gasteiger partial charge < -0.3 is 10.2 Å². The lowest BCUT2D eigenvalue weighted by atomic mass is 10.0. The maximum Gasteiger partial charge on any atom is 0.254 e. The molecule has 1 saturated heterocycles. The molecule has 0 aliphatic carbocycles. The van der Waals surface area contributed by atoms with Crippen LogP contribution in [0.15, 0.2) is 53.7 Å². The molecule has 7 heteroatoms. The van der Waals surface area contributed by atoms with Gasteiger partial charge in [-0.2, -0.15) is 0 Å². The second-order valence-corrected chi connectivity index (χ2v) is 7.82. The molecule has 1 N–H and O–H groups in total. The van der Waals surface area contributed by atoms with Crippen LogP contribution in [0.1, 0.15) is 22.0 Å². The molecule has 0 radical (unpaired) electrons. The molecule has 2 aromatic rings. The molecule has 1 amide bonds. The molecule has 6 nitrogen and oxygen atoms in total. The van der Waals surface area contributed by atoms with Gasteiger partial charge in [0.25, 0.3) is 5.91 Å². The number of pyridine rings is 1. The normalized spacial score (nSPS) is 18.4. The third-order valence-electron chi connectivity index (χ3n) is 4.10. The molecule has 24 heavy (non-hydrogen) atoms. The van der Waals surface area contributed by atoms with Crippen LogP contribution in [0, 0.1) is 0 Å². The van der Waals surface area contributed by atoms with Crippen molar-refractivity contribution in [2.24, 2.45) is 0 Å². The summed E-state index contributed by atoms with van der Waals surface area (Å²) in [5, 5.41) is 3.30. The van der Waals surface area contributed by atoms with E-state index < -0.39 is 9.84 Å². The van der Waals surface area contributed by atoms with Gasteiger partial charge in [0.15, 0.2) is 9.84 Å². The number of carbonyl (C=O) groups is 1. The fourth-order valence-electron chi connectivity index (χ4n) is 2.83. The first-order chi connectivity index (χ1) is 11.5. The summed E-state index contributed by atoms with van der Waals surface area (Å²) in [5.74, 6) is -0.106. The molecule has 1 fully saturated rings. The highest BCUT2D eigenvalue weighted by molar-refractivity contribution is 7.90. The average molecular weight is 345 g/mol. The molecule has 3 rings (SSSR count). The quantitative estimate of drug-likeness (QED) is 0.906. The zero-order chi connectivity index (χ0) is 17.2. The van der Waals surface area contributed by atoms with E-state index in [1.54, 1.807) is 24.5 Å². The van der Waals surface area contributed by atoms with Crippen molar-refractivity contribution in [2.75, 3.05) is 25.9 Å².